The molecule has 3 rings (SSSR count). The number of hydrogen-bond acceptors (Lipinski definition) is 4. The lowest BCUT2D eigenvalue weighted by atomic mass is 10.1. The van der Waals surface area contributed by atoms with Crippen molar-refractivity contribution in [2.24, 2.45) is 4.99 Å². The molecule has 0 aliphatic carbocycles. The fraction of sp³-hybridized carbons (Fsp3) is 0.429. The number of hydrogen-bond donors (Lipinski definition) is 1. The number of ether oxygens (including phenoxy) is 2. The molecule has 1 fully saturated rings. The molecule has 0 unspecified atom stereocenters. The van der Waals surface area contributed by atoms with Gasteiger partial charge in [-0.15, -0.1) is 0 Å². The molecule has 2 aromatic rings. The van der Waals surface area contributed by atoms with Crippen LogP contribution in [0.1, 0.15) is 25.3 Å². The van der Waals surface area contributed by atoms with Gasteiger partial charge in [0.15, 0.2) is 5.96 Å². The first-order valence-electron chi connectivity index (χ1n) is 9.53. The second-order valence-corrected chi connectivity index (χ2v) is 6.46. The number of methoxy groups -OCH3 is 1. The van der Waals surface area contributed by atoms with Crippen LogP contribution in [0.4, 0.5) is 0 Å². The summed E-state index contributed by atoms with van der Waals surface area (Å²) in [6.07, 6.45) is 3.95. The predicted octanol–water partition coefficient (Wildman–Crippen LogP) is 3.10. The van der Waals surface area contributed by atoms with E-state index >= 15 is 0 Å². The zero-order valence-electron chi connectivity index (χ0n) is 16.1. The van der Waals surface area contributed by atoms with Crippen molar-refractivity contribution < 1.29 is 9.47 Å². The number of piperidine rings is 1. The van der Waals surface area contributed by atoms with Gasteiger partial charge in [0.1, 0.15) is 11.9 Å². The Bertz CT molecular complexity index is 728. The lowest BCUT2D eigenvalue weighted by Gasteiger charge is -2.34. The summed E-state index contributed by atoms with van der Waals surface area (Å²) in [6, 6.07) is 14.0. The first-order valence-corrected chi connectivity index (χ1v) is 9.53. The number of pyridine rings is 1. The first kappa shape index (κ1) is 19.0. The molecule has 1 saturated heterocycles. The molecule has 1 aliphatic rings. The number of nitrogens with zero attached hydrogens (tertiary/aromatic N) is 3. The van der Waals surface area contributed by atoms with E-state index in [1.54, 1.807) is 13.3 Å². The molecular formula is C21H28N4O2. The molecule has 0 bridgehead atoms. The minimum Gasteiger partial charge on any atom is -0.490 e. The standard InChI is InChI=1S/C21H28N4O2/c1-3-22-21(24-16-17-8-7-13-23-20(17)26-2)25-14-11-19(12-15-25)27-18-9-5-4-6-10-18/h4-10,13,19H,3,11-12,14-16H2,1-2H3,(H,22,24). The third kappa shape index (κ3) is 5.36. The Balaban J connectivity index is 1.59. The zero-order valence-corrected chi connectivity index (χ0v) is 16.1. The Labute approximate surface area is 161 Å². The van der Waals surface area contributed by atoms with Gasteiger partial charge < -0.3 is 19.7 Å². The molecule has 0 radical (unpaired) electrons. The number of nitrogens with one attached hydrogen (secondary N) is 1. The minimum atomic E-state index is 0.255. The number of aliphatic imine (C=N–C) groups is 1. The van der Waals surface area contributed by atoms with Gasteiger partial charge in [0.2, 0.25) is 5.88 Å². The van der Waals surface area contributed by atoms with E-state index in [9.17, 15) is 0 Å². The molecule has 0 saturated carbocycles. The molecule has 6 heteroatoms. The fourth-order valence-electron chi connectivity index (χ4n) is 3.19. The van der Waals surface area contributed by atoms with E-state index in [0.29, 0.717) is 12.4 Å². The van der Waals surface area contributed by atoms with Crippen LogP contribution < -0.4 is 14.8 Å². The number of benzene rings is 1. The van der Waals surface area contributed by atoms with E-state index in [2.05, 4.69) is 22.1 Å². The first-order chi connectivity index (χ1) is 13.3. The maximum Gasteiger partial charge on any atom is 0.218 e. The van der Waals surface area contributed by atoms with Crippen LogP contribution in [0, 0.1) is 0 Å². The normalized spacial score (nSPS) is 15.5. The summed E-state index contributed by atoms with van der Waals surface area (Å²) in [6.45, 7) is 5.32. The van der Waals surface area contributed by atoms with Gasteiger partial charge in [0.05, 0.1) is 13.7 Å². The van der Waals surface area contributed by atoms with Crippen molar-refractivity contribution in [1.82, 2.24) is 15.2 Å². The van der Waals surface area contributed by atoms with Crippen LogP contribution in [0.3, 0.4) is 0 Å². The van der Waals surface area contributed by atoms with Gasteiger partial charge in [0.25, 0.3) is 0 Å². The summed E-state index contributed by atoms with van der Waals surface area (Å²) in [5, 5.41) is 3.40. The van der Waals surface area contributed by atoms with Crippen molar-refractivity contribution in [2.75, 3.05) is 26.7 Å². The van der Waals surface area contributed by atoms with Crippen molar-refractivity contribution in [3.05, 3.63) is 54.2 Å². The summed E-state index contributed by atoms with van der Waals surface area (Å²) in [4.78, 5) is 11.3. The molecule has 0 spiro atoms. The summed E-state index contributed by atoms with van der Waals surface area (Å²) >= 11 is 0. The molecule has 0 atom stereocenters. The van der Waals surface area contributed by atoms with Crippen LogP contribution in [-0.4, -0.2) is 48.7 Å². The number of rotatable bonds is 6. The zero-order chi connectivity index (χ0) is 18.9. The summed E-state index contributed by atoms with van der Waals surface area (Å²) in [5.74, 6) is 2.51. The molecule has 1 aliphatic heterocycles. The Morgan fingerprint density at radius 1 is 1.19 bits per heavy atom. The van der Waals surface area contributed by atoms with Crippen molar-refractivity contribution in [1.29, 1.82) is 0 Å². The van der Waals surface area contributed by atoms with E-state index in [4.69, 9.17) is 14.5 Å². The van der Waals surface area contributed by atoms with Crippen LogP contribution in [-0.2, 0) is 6.54 Å². The lowest BCUT2D eigenvalue weighted by molar-refractivity contribution is 0.129. The second kappa shape index (κ2) is 9.80. The summed E-state index contributed by atoms with van der Waals surface area (Å²) < 4.78 is 11.4. The number of para-hydroxylation sites is 1. The fourth-order valence-corrected chi connectivity index (χ4v) is 3.19. The molecule has 27 heavy (non-hydrogen) atoms. The lowest BCUT2D eigenvalue weighted by Crippen LogP contribution is -2.47. The van der Waals surface area contributed by atoms with E-state index in [1.165, 1.54) is 0 Å². The Morgan fingerprint density at radius 3 is 2.67 bits per heavy atom. The molecule has 1 aromatic carbocycles. The number of aromatic nitrogens is 1. The SMILES string of the molecule is CCNC(=NCc1cccnc1OC)N1CCC(Oc2ccccc2)CC1. The Morgan fingerprint density at radius 2 is 1.96 bits per heavy atom. The smallest absolute Gasteiger partial charge is 0.218 e. The van der Waals surface area contributed by atoms with Crippen molar-refractivity contribution in [2.45, 2.75) is 32.4 Å². The van der Waals surface area contributed by atoms with Crippen LogP contribution in [0.15, 0.2) is 53.7 Å². The second-order valence-electron chi connectivity index (χ2n) is 6.46. The topological polar surface area (TPSA) is 59.0 Å². The van der Waals surface area contributed by atoms with Gasteiger partial charge >= 0.3 is 0 Å². The van der Waals surface area contributed by atoms with Gasteiger partial charge in [-0.25, -0.2) is 9.98 Å². The highest BCUT2D eigenvalue weighted by Crippen LogP contribution is 2.19. The van der Waals surface area contributed by atoms with Crippen LogP contribution in [0.25, 0.3) is 0 Å². The molecule has 1 aromatic heterocycles. The predicted molar refractivity (Wildman–Crippen MR) is 107 cm³/mol. The van der Waals surface area contributed by atoms with Crippen molar-refractivity contribution in [3.63, 3.8) is 0 Å². The number of likely N-dealkylation sites (tertiary alicyclic amines) is 1. The summed E-state index contributed by atoms with van der Waals surface area (Å²) in [7, 11) is 1.64. The van der Waals surface area contributed by atoms with Gasteiger partial charge in [-0.3, -0.25) is 0 Å². The molecular weight excluding hydrogens is 340 g/mol. The van der Waals surface area contributed by atoms with E-state index in [1.807, 2.05) is 42.5 Å². The third-order valence-corrected chi connectivity index (χ3v) is 4.56. The maximum absolute atomic E-state index is 6.09. The summed E-state index contributed by atoms with van der Waals surface area (Å²) in [5.41, 5.74) is 0.984. The van der Waals surface area contributed by atoms with Crippen molar-refractivity contribution >= 4 is 5.96 Å². The van der Waals surface area contributed by atoms with Gasteiger partial charge in [-0.05, 0) is 25.1 Å². The minimum absolute atomic E-state index is 0.255. The van der Waals surface area contributed by atoms with E-state index in [-0.39, 0.29) is 6.10 Å². The van der Waals surface area contributed by atoms with Crippen molar-refractivity contribution in [3.8, 4) is 11.6 Å². The quantitative estimate of drug-likeness (QED) is 0.627. The average Bonchev–Trinajstić information content (AvgIpc) is 2.73. The molecule has 0 amide bonds. The highest BCUT2D eigenvalue weighted by Gasteiger charge is 2.22. The van der Waals surface area contributed by atoms with Gasteiger partial charge in [-0.2, -0.15) is 0 Å². The maximum atomic E-state index is 6.09. The molecule has 144 valence electrons. The van der Waals surface area contributed by atoms with Gasteiger partial charge in [0, 0.05) is 44.2 Å². The van der Waals surface area contributed by atoms with Gasteiger partial charge in [-0.1, -0.05) is 24.3 Å². The molecule has 6 nitrogen and oxygen atoms in total. The van der Waals surface area contributed by atoms with Crippen LogP contribution in [0.2, 0.25) is 0 Å². The van der Waals surface area contributed by atoms with E-state index < -0.39 is 0 Å². The average molecular weight is 368 g/mol. The molecule has 2 heterocycles. The monoisotopic (exact) mass is 368 g/mol. The van der Waals surface area contributed by atoms with E-state index in [0.717, 1.165) is 49.7 Å². The number of guanidine groups is 1. The van der Waals surface area contributed by atoms with Crippen LogP contribution in [0.5, 0.6) is 11.6 Å². The highest BCUT2D eigenvalue weighted by atomic mass is 16.5. The third-order valence-electron chi connectivity index (χ3n) is 4.56. The highest BCUT2D eigenvalue weighted by molar-refractivity contribution is 5.80. The van der Waals surface area contributed by atoms with Crippen LogP contribution >= 0.6 is 0 Å². The largest absolute Gasteiger partial charge is 0.490 e. The Hall–Kier alpha value is -2.76. The Kier molecular flexibility index (Phi) is 6.90. The molecule has 1 N–H and O–H groups in total.